The Hall–Kier alpha value is -2.27. The Kier molecular flexibility index (Phi) is 6.65. The molecule has 1 N–H and O–H groups in total. The van der Waals surface area contributed by atoms with Gasteiger partial charge in [-0.25, -0.2) is 4.79 Å². The van der Waals surface area contributed by atoms with Crippen molar-refractivity contribution in [3.8, 4) is 5.75 Å². The number of nitrogens with one attached hydrogen (secondary N) is 1. The number of carbonyl (C=O) groups is 2. The summed E-state index contributed by atoms with van der Waals surface area (Å²) in [7, 11) is 1.19. The molecule has 1 aromatic carbocycles. The fourth-order valence-electron chi connectivity index (χ4n) is 1.62. The second-order valence-electron chi connectivity index (χ2n) is 4.27. The molecule has 0 aromatic heterocycles. The number of hydrogen-bond donors (Lipinski definition) is 1. The first-order chi connectivity index (χ1) is 11.9. The molecular formula is C14H10BrF2N3O4S. The lowest BCUT2D eigenvalue weighted by atomic mass is 10.2. The number of amides is 1. The molecule has 1 saturated heterocycles. The summed E-state index contributed by atoms with van der Waals surface area (Å²) in [6.07, 6.45) is 2.22. The molecule has 0 radical (unpaired) electrons. The molecule has 1 aliphatic heterocycles. The minimum Gasteiger partial charge on any atom is -0.466 e. The van der Waals surface area contributed by atoms with Gasteiger partial charge in [0.2, 0.25) is 0 Å². The lowest BCUT2D eigenvalue weighted by Gasteiger charge is -2.08. The van der Waals surface area contributed by atoms with Crippen LogP contribution in [0.2, 0.25) is 0 Å². The number of carbonyl (C=O) groups excluding carboxylic acids is 2. The standard InChI is InChI=1S/C14H10BrF2N3O4S/c1-23-11(21)5-10-12(22)19-14(25-10)20-18-6-7-8(15)3-2-4-9(7)24-13(16)17/h2-6,13H,1H3,(H,19,20,22)/b10-5+,18-6?. The number of halogens is 3. The van der Waals surface area contributed by atoms with Crippen LogP contribution in [0.4, 0.5) is 8.78 Å². The first kappa shape index (κ1) is 19.1. The molecule has 7 nitrogen and oxygen atoms in total. The predicted octanol–water partition coefficient (Wildman–Crippen LogP) is 2.66. The third-order valence-electron chi connectivity index (χ3n) is 2.67. The molecule has 0 spiro atoms. The van der Waals surface area contributed by atoms with Gasteiger partial charge in [-0.05, 0) is 39.8 Å². The predicted molar refractivity (Wildman–Crippen MR) is 91.6 cm³/mol. The van der Waals surface area contributed by atoms with Gasteiger partial charge in [0.15, 0.2) is 5.17 Å². The zero-order valence-corrected chi connectivity index (χ0v) is 14.9. The number of methoxy groups -OCH3 is 1. The van der Waals surface area contributed by atoms with Crippen molar-refractivity contribution in [2.75, 3.05) is 7.11 Å². The fraction of sp³-hybridized carbons (Fsp3) is 0.143. The zero-order chi connectivity index (χ0) is 18.4. The number of hydrogen-bond acceptors (Lipinski definition) is 7. The number of rotatable bonds is 5. The van der Waals surface area contributed by atoms with Crippen molar-refractivity contribution < 1.29 is 27.8 Å². The second kappa shape index (κ2) is 8.72. The van der Waals surface area contributed by atoms with Crippen molar-refractivity contribution in [3.63, 3.8) is 0 Å². The van der Waals surface area contributed by atoms with Crippen molar-refractivity contribution in [1.82, 2.24) is 5.32 Å². The molecule has 2 rings (SSSR count). The normalized spacial score (nSPS) is 17.6. The first-order valence-corrected chi connectivity index (χ1v) is 8.15. The van der Waals surface area contributed by atoms with Crippen LogP contribution in [0.15, 0.2) is 43.9 Å². The molecule has 0 aliphatic carbocycles. The van der Waals surface area contributed by atoms with Crippen LogP contribution < -0.4 is 10.1 Å². The van der Waals surface area contributed by atoms with E-state index in [9.17, 15) is 18.4 Å². The van der Waals surface area contributed by atoms with Gasteiger partial charge in [0.25, 0.3) is 5.91 Å². The maximum absolute atomic E-state index is 12.4. The highest BCUT2D eigenvalue weighted by molar-refractivity contribution is 9.10. The number of ether oxygens (including phenoxy) is 2. The fourth-order valence-corrected chi connectivity index (χ4v) is 2.81. The van der Waals surface area contributed by atoms with Gasteiger partial charge < -0.3 is 9.47 Å². The van der Waals surface area contributed by atoms with E-state index in [-0.39, 0.29) is 21.4 Å². The smallest absolute Gasteiger partial charge is 0.387 e. The minimum absolute atomic E-state index is 0.0808. The van der Waals surface area contributed by atoms with Crippen LogP contribution >= 0.6 is 27.7 Å². The second-order valence-corrected chi connectivity index (χ2v) is 6.15. The Bertz CT molecular complexity index is 783. The minimum atomic E-state index is -2.98. The van der Waals surface area contributed by atoms with Crippen LogP contribution in [-0.4, -0.2) is 37.0 Å². The molecular weight excluding hydrogens is 424 g/mol. The van der Waals surface area contributed by atoms with Crippen molar-refractivity contribution in [3.05, 3.63) is 39.2 Å². The molecule has 1 heterocycles. The largest absolute Gasteiger partial charge is 0.466 e. The Morgan fingerprint density at radius 1 is 1.44 bits per heavy atom. The molecule has 25 heavy (non-hydrogen) atoms. The van der Waals surface area contributed by atoms with Crippen molar-refractivity contribution in [1.29, 1.82) is 0 Å². The van der Waals surface area contributed by atoms with Crippen LogP contribution in [-0.2, 0) is 14.3 Å². The summed E-state index contributed by atoms with van der Waals surface area (Å²) in [4.78, 5) is 22.9. The van der Waals surface area contributed by atoms with Crippen LogP contribution in [0.5, 0.6) is 5.75 Å². The van der Waals surface area contributed by atoms with Gasteiger partial charge in [0.05, 0.1) is 23.8 Å². The third-order valence-corrected chi connectivity index (χ3v) is 4.26. The molecule has 0 atom stereocenters. The SMILES string of the molecule is COC(=O)/C=C1/S/C(=N\N=Cc2c(Br)cccc2OC(F)F)NC1=O. The van der Waals surface area contributed by atoms with E-state index in [0.29, 0.717) is 4.47 Å². The van der Waals surface area contributed by atoms with Gasteiger partial charge >= 0.3 is 12.6 Å². The van der Waals surface area contributed by atoms with E-state index in [1.807, 2.05) is 0 Å². The highest BCUT2D eigenvalue weighted by Gasteiger charge is 2.25. The highest BCUT2D eigenvalue weighted by atomic mass is 79.9. The molecule has 11 heteroatoms. The molecule has 1 aliphatic rings. The van der Waals surface area contributed by atoms with E-state index in [2.05, 4.69) is 40.9 Å². The summed E-state index contributed by atoms with van der Waals surface area (Å²) in [6.45, 7) is -2.98. The summed E-state index contributed by atoms with van der Waals surface area (Å²) >= 11 is 4.09. The van der Waals surface area contributed by atoms with Gasteiger partial charge in [-0.1, -0.05) is 6.07 Å². The highest BCUT2D eigenvalue weighted by Crippen LogP contribution is 2.27. The Morgan fingerprint density at radius 2 is 2.20 bits per heavy atom. The molecule has 1 amide bonds. The molecule has 1 aromatic rings. The summed E-state index contributed by atoms with van der Waals surface area (Å²) in [5.41, 5.74) is 0.256. The molecule has 132 valence electrons. The number of nitrogens with zero attached hydrogens (tertiary/aromatic N) is 2. The van der Waals surface area contributed by atoms with E-state index in [4.69, 9.17) is 0 Å². The quantitative estimate of drug-likeness (QED) is 0.333. The summed E-state index contributed by atoms with van der Waals surface area (Å²) < 4.78 is 34.1. The number of alkyl halides is 2. The lowest BCUT2D eigenvalue weighted by molar-refractivity contribution is -0.135. The van der Waals surface area contributed by atoms with E-state index in [0.717, 1.165) is 17.8 Å². The van der Waals surface area contributed by atoms with E-state index in [1.54, 1.807) is 6.07 Å². The van der Waals surface area contributed by atoms with Gasteiger partial charge in [-0.3, -0.25) is 10.1 Å². The zero-order valence-electron chi connectivity index (χ0n) is 12.5. The van der Waals surface area contributed by atoms with Crippen molar-refractivity contribution in [2.45, 2.75) is 6.61 Å². The molecule has 0 saturated carbocycles. The number of thioether (sulfide) groups is 1. The van der Waals surface area contributed by atoms with Gasteiger partial charge in [0, 0.05) is 10.5 Å². The third kappa shape index (κ3) is 5.36. The summed E-state index contributed by atoms with van der Waals surface area (Å²) in [5, 5.41) is 10.1. The average molecular weight is 434 g/mol. The van der Waals surface area contributed by atoms with Crippen molar-refractivity contribution in [2.24, 2.45) is 10.2 Å². The van der Waals surface area contributed by atoms with E-state index >= 15 is 0 Å². The Labute approximate surface area is 153 Å². The molecule has 0 unspecified atom stereocenters. The van der Waals surface area contributed by atoms with E-state index < -0.39 is 18.5 Å². The molecule has 1 fully saturated rings. The number of amidine groups is 1. The van der Waals surface area contributed by atoms with Crippen LogP contribution in [0.1, 0.15) is 5.56 Å². The van der Waals surface area contributed by atoms with Gasteiger partial charge in [-0.15, -0.1) is 5.10 Å². The van der Waals surface area contributed by atoms with Gasteiger partial charge in [0.1, 0.15) is 5.75 Å². The Morgan fingerprint density at radius 3 is 2.88 bits per heavy atom. The summed E-state index contributed by atoms with van der Waals surface area (Å²) in [6, 6.07) is 4.51. The topological polar surface area (TPSA) is 89.3 Å². The monoisotopic (exact) mass is 433 g/mol. The van der Waals surface area contributed by atoms with Crippen LogP contribution in [0, 0.1) is 0 Å². The lowest BCUT2D eigenvalue weighted by Crippen LogP contribution is -2.19. The summed E-state index contributed by atoms with van der Waals surface area (Å²) in [5.74, 6) is -1.28. The Balaban J connectivity index is 2.16. The maximum atomic E-state index is 12.4. The van der Waals surface area contributed by atoms with Crippen LogP contribution in [0.3, 0.4) is 0 Å². The first-order valence-electron chi connectivity index (χ1n) is 6.54. The van der Waals surface area contributed by atoms with Crippen LogP contribution in [0.25, 0.3) is 0 Å². The number of benzene rings is 1. The average Bonchev–Trinajstić information content (AvgIpc) is 2.89. The molecule has 0 bridgehead atoms. The van der Waals surface area contributed by atoms with E-state index in [1.165, 1.54) is 25.5 Å². The maximum Gasteiger partial charge on any atom is 0.387 e. The van der Waals surface area contributed by atoms with Crippen molar-refractivity contribution >= 4 is 51.0 Å². The van der Waals surface area contributed by atoms with Gasteiger partial charge in [-0.2, -0.15) is 13.9 Å². The number of esters is 1.